The van der Waals surface area contributed by atoms with Crippen LogP contribution in [0.5, 0.6) is 0 Å². The Morgan fingerprint density at radius 2 is 2.24 bits per heavy atom. The summed E-state index contributed by atoms with van der Waals surface area (Å²) in [6.07, 6.45) is 0.770. The van der Waals surface area contributed by atoms with E-state index in [1.165, 1.54) is 23.5 Å². The molecule has 0 saturated heterocycles. The van der Waals surface area contributed by atoms with Crippen molar-refractivity contribution in [2.75, 3.05) is 6.54 Å². The third kappa shape index (κ3) is 2.65. The molecular formula is C12H12ClFN2S. The Kier molecular flexibility index (Phi) is 3.76. The third-order valence-corrected chi connectivity index (χ3v) is 3.91. The van der Waals surface area contributed by atoms with Crippen molar-refractivity contribution in [3.63, 3.8) is 0 Å². The molecule has 2 nitrogen and oxygen atoms in total. The zero-order valence-corrected chi connectivity index (χ0v) is 10.9. The van der Waals surface area contributed by atoms with Crippen LogP contribution in [0.4, 0.5) is 4.39 Å². The van der Waals surface area contributed by atoms with Crippen LogP contribution >= 0.6 is 22.9 Å². The van der Waals surface area contributed by atoms with Gasteiger partial charge in [0.05, 0.1) is 5.69 Å². The first-order valence-corrected chi connectivity index (χ1v) is 6.43. The monoisotopic (exact) mass is 270 g/mol. The lowest BCUT2D eigenvalue weighted by atomic mass is 10.2. The molecule has 0 aliphatic rings. The van der Waals surface area contributed by atoms with Crippen LogP contribution in [0.2, 0.25) is 5.02 Å². The second-order valence-electron chi connectivity index (χ2n) is 3.69. The summed E-state index contributed by atoms with van der Waals surface area (Å²) in [5.41, 5.74) is 6.88. The predicted molar refractivity (Wildman–Crippen MR) is 70.0 cm³/mol. The molecule has 5 heteroatoms. The molecule has 0 bridgehead atoms. The number of benzene rings is 1. The number of nitrogens with zero attached hydrogens (tertiary/aromatic N) is 1. The number of aryl methyl sites for hydroxylation is 1. The van der Waals surface area contributed by atoms with E-state index in [9.17, 15) is 4.39 Å². The Morgan fingerprint density at radius 3 is 2.94 bits per heavy atom. The van der Waals surface area contributed by atoms with Crippen molar-refractivity contribution < 1.29 is 4.39 Å². The van der Waals surface area contributed by atoms with E-state index in [2.05, 4.69) is 4.98 Å². The molecule has 0 aliphatic carbocycles. The predicted octanol–water partition coefficient (Wildman–Crippen LogP) is 3.41. The van der Waals surface area contributed by atoms with Crippen LogP contribution in [-0.2, 0) is 6.42 Å². The van der Waals surface area contributed by atoms with Gasteiger partial charge in [0, 0.05) is 15.5 Å². The number of thiazole rings is 1. The van der Waals surface area contributed by atoms with Crippen molar-refractivity contribution in [3.05, 3.63) is 39.6 Å². The van der Waals surface area contributed by atoms with Gasteiger partial charge in [0.1, 0.15) is 10.8 Å². The summed E-state index contributed by atoms with van der Waals surface area (Å²) in [6, 6.07) is 4.49. The van der Waals surface area contributed by atoms with E-state index in [0.29, 0.717) is 22.1 Å². The molecule has 0 saturated carbocycles. The molecule has 17 heavy (non-hydrogen) atoms. The molecule has 1 aromatic carbocycles. The van der Waals surface area contributed by atoms with Gasteiger partial charge in [-0.3, -0.25) is 0 Å². The number of nitrogens with two attached hydrogens (primary N) is 1. The summed E-state index contributed by atoms with van der Waals surface area (Å²) in [4.78, 5) is 5.46. The molecule has 1 heterocycles. The Balaban J connectivity index is 2.45. The summed E-state index contributed by atoms with van der Waals surface area (Å²) in [5, 5.41) is 1.17. The largest absolute Gasteiger partial charge is 0.330 e. The van der Waals surface area contributed by atoms with E-state index in [1.54, 1.807) is 6.07 Å². The highest BCUT2D eigenvalue weighted by Crippen LogP contribution is 2.31. The average Bonchev–Trinajstić information content (AvgIpc) is 2.64. The number of rotatable bonds is 3. The van der Waals surface area contributed by atoms with Crippen LogP contribution in [0, 0.1) is 12.7 Å². The van der Waals surface area contributed by atoms with Gasteiger partial charge in [-0.25, -0.2) is 9.37 Å². The third-order valence-electron chi connectivity index (χ3n) is 2.42. The van der Waals surface area contributed by atoms with Gasteiger partial charge in [-0.2, -0.15) is 0 Å². The van der Waals surface area contributed by atoms with Crippen molar-refractivity contribution in [3.8, 4) is 10.6 Å². The van der Waals surface area contributed by atoms with Crippen molar-refractivity contribution in [1.82, 2.24) is 4.98 Å². The molecule has 1 aromatic heterocycles. The first-order chi connectivity index (χ1) is 8.11. The molecule has 0 atom stereocenters. The SMILES string of the molecule is Cc1nc(-c2cc(Cl)ccc2F)sc1CCN. The van der Waals surface area contributed by atoms with Gasteiger partial charge in [-0.1, -0.05) is 11.6 Å². The highest BCUT2D eigenvalue weighted by atomic mass is 35.5. The molecule has 90 valence electrons. The molecule has 0 radical (unpaired) electrons. The highest BCUT2D eigenvalue weighted by molar-refractivity contribution is 7.15. The number of halogens is 2. The van der Waals surface area contributed by atoms with Gasteiger partial charge < -0.3 is 5.73 Å². The first kappa shape index (κ1) is 12.5. The van der Waals surface area contributed by atoms with E-state index in [0.717, 1.165) is 17.0 Å². The molecule has 0 aliphatic heterocycles. The quantitative estimate of drug-likeness (QED) is 0.928. The first-order valence-electron chi connectivity index (χ1n) is 5.23. The molecule has 0 unspecified atom stereocenters. The Labute approximate surface area is 108 Å². The highest BCUT2D eigenvalue weighted by Gasteiger charge is 2.12. The van der Waals surface area contributed by atoms with E-state index >= 15 is 0 Å². The Bertz CT molecular complexity index is 539. The van der Waals surface area contributed by atoms with Crippen molar-refractivity contribution in [2.45, 2.75) is 13.3 Å². The smallest absolute Gasteiger partial charge is 0.133 e. The van der Waals surface area contributed by atoms with Crippen LogP contribution in [0.25, 0.3) is 10.6 Å². The number of hydrogen-bond donors (Lipinski definition) is 1. The van der Waals surface area contributed by atoms with E-state index in [4.69, 9.17) is 17.3 Å². The molecule has 2 aromatic rings. The van der Waals surface area contributed by atoms with Crippen LogP contribution in [0.1, 0.15) is 10.6 Å². The molecule has 0 fully saturated rings. The van der Waals surface area contributed by atoms with Gasteiger partial charge in [0.2, 0.25) is 0 Å². The zero-order valence-electron chi connectivity index (χ0n) is 9.34. The average molecular weight is 271 g/mol. The van der Waals surface area contributed by atoms with E-state index in [1.807, 2.05) is 6.92 Å². The fraction of sp³-hybridized carbons (Fsp3) is 0.250. The standard InChI is InChI=1S/C12H12ClFN2S/c1-7-11(4-5-15)17-12(16-7)9-6-8(13)2-3-10(9)14/h2-3,6H,4-5,15H2,1H3. The minimum Gasteiger partial charge on any atom is -0.330 e. The summed E-state index contributed by atoms with van der Waals surface area (Å²) < 4.78 is 13.7. The minimum absolute atomic E-state index is 0.303. The van der Waals surface area contributed by atoms with E-state index < -0.39 is 0 Å². The maximum absolute atomic E-state index is 13.7. The van der Waals surface area contributed by atoms with Crippen LogP contribution in [0.3, 0.4) is 0 Å². The Morgan fingerprint density at radius 1 is 1.47 bits per heavy atom. The van der Waals surface area contributed by atoms with Crippen molar-refractivity contribution in [2.24, 2.45) is 5.73 Å². The second kappa shape index (κ2) is 5.12. The van der Waals surface area contributed by atoms with Gasteiger partial charge in [-0.15, -0.1) is 11.3 Å². The summed E-state index contributed by atoms with van der Waals surface area (Å²) in [6.45, 7) is 2.48. The van der Waals surface area contributed by atoms with Gasteiger partial charge in [0.25, 0.3) is 0 Å². The van der Waals surface area contributed by atoms with Crippen LogP contribution in [-0.4, -0.2) is 11.5 Å². The van der Waals surface area contributed by atoms with Crippen molar-refractivity contribution >= 4 is 22.9 Å². The summed E-state index contributed by atoms with van der Waals surface area (Å²) in [5.74, 6) is -0.303. The minimum atomic E-state index is -0.303. The van der Waals surface area contributed by atoms with Crippen LogP contribution < -0.4 is 5.73 Å². The fourth-order valence-corrected chi connectivity index (χ4v) is 2.84. The number of hydrogen-bond acceptors (Lipinski definition) is 3. The molecule has 2 N–H and O–H groups in total. The fourth-order valence-electron chi connectivity index (χ4n) is 1.57. The maximum atomic E-state index is 13.7. The second-order valence-corrected chi connectivity index (χ2v) is 5.21. The topological polar surface area (TPSA) is 38.9 Å². The lowest BCUT2D eigenvalue weighted by molar-refractivity contribution is 0.631. The zero-order chi connectivity index (χ0) is 12.4. The normalized spacial score (nSPS) is 10.8. The van der Waals surface area contributed by atoms with Gasteiger partial charge in [-0.05, 0) is 38.1 Å². The molecule has 2 rings (SSSR count). The van der Waals surface area contributed by atoms with Crippen LogP contribution in [0.15, 0.2) is 18.2 Å². The summed E-state index contributed by atoms with van der Waals surface area (Å²) >= 11 is 7.33. The Hall–Kier alpha value is -0.970. The maximum Gasteiger partial charge on any atom is 0.133 e. The lowest BCUT2D eigenvalue weighted by Crippen LogP contribution is -2.01. The summed E-state index contributed by atoms with van der Waals surface area (Å²) in [7, 11) is 0. The molecule has 0 amide bonds. The molecular weight excluding hydrogens is 259 g/mol. The van der Waals surface area contributed by atoms with Crippen molar-refractivity contribution in [1.29, 1.82) is 0 Å². The molecule has 0 spiro atoms. The lowest BCUT2D eigenvalue weighted by Gasteiger charge is -1.99. The number of aromatic nitrogens is 1. The van der Waals surface area contributed by atoms with E-state index in [-0.39, 0.29) is 5.82 Å². The van der Waals surface area contributed by atoms with Gasteiger partial charge in [0.15, 0.2) is 0 Å². The van der Waals surface area contributed by atoms with Gasteiger partial charge >= 0.3 is 0 Å².